The fourth-order valence-electron chi connectivity index (χ4n) is 3.85. The lowest BCUT2D eigenvalue weighted by Gasteiger charge is -2.31. The summed E-state index contributed by atoms with van der Waals surface area (Å²) in [6.07, 6.45) is 9.24. The maximum absolute atomic E-state index is 5.88. The third-order valence-corrected chi connectivity index (χ3v) is 5.37. The number of fused-ring (bicyclic) bond motifs is 1. The first kappa shape index (κ1) is 21.8. The first-order valence-corrected chi connectivity index (χ1v) is 9.35. The van der Waals surface area contributed by atoms with E-state index in [2.05, 4.69) is 28.3 Å². The van der Waals surface area contributed by atoms with E-state index in [1.165, 1.54) is 24.1 Å². The molecule has 8 heteroatoms. The van der Waals surface area contributed by atoms with Gasteiger partial charge in [0.15, 0.2) is 0 Å². The zero-order chi connectivity index (χ0) is 17.2. The van der Waals surface area contributed by atoms with Crippen LogP contribution in [0, 0.1) is 6.92 Å². The summed E-state index contributed by atoms with van der Waals surface area (Å²) in [5.41, 5.74) is 10.8. The first-order valence-electron chi connectivity index (χ1n) is 9.35. The van der Waals surface area contributed by atoms with Gasteiger partial charge in [-0.2, -0.15) is 0 Å². The highest BCUT2D eigenvalue weighted by Crippen LogP contribution is 2.34. The molecule has 148 valence electrons. The zero-order valence-corrected chi connectivity index (χ0v) is 17.3. The molecule has 27 heavy (non-hydrogen) atoms. The average molecular weight is 411 g/mol. The highest BCUT2D eigenvalue weighted by molar-refractivity contribution is 5.85. The third-order valence-electron chi connectivity index (χ3n) is 5.37. The van der Waals surface area contributed by atoms with Crippen molar-refractivity contribution in [3.05, 3.63) is 40.9 Å². The average Bonchev–Trinajstić information content (AvgIpc) is 2.59. The minimum absolute atomic E-state index is 0. The number of hydrogen-bond acceptors (Lipinski definition) is 6. The van der Waals surface area contributed by atoms with E-state index in [0.29, 0.717) is 12.0 Å². The summed E-state index contributed by atoms with van der Waals surface area (Å²) in [6, 6.07) is 2.39. The lowest BCUT2D eigenvalue weighted by molar-refractivity contribution is 0.345. The summed E-state index contributed by atoms with van der Waals surface area (Å²) < 4.78 is 0. The minimum atomic E-state index is 0. The normalized spacial score (nSPS) is 20.5. The smallest absolute Gasteiger partial charge is 0.130 e. The fraction of sp³-hybridized carbons (Fsp3) is 0.579. The zero-order valence-electron chi connectivity index (χ0n) is 15.6. The predicted molar refractivity (Wildman–Crippen MR) is 112 cm³/mol. The summed E-state index contributed by atoms with van der Waals surface area (Å²) in [7, 11) is 0. The third kappa shape index (κ3) is 5.06. The van der Waals surface area contributed by atoms with E-state index in [1.807, 2.05) is 0 Å². The fourth-order valence-corrected chi connectivity index (χ4v) is 3.85. The summed E-state index contributed by atoms with van der Waals surface area (Å²) in [5.74, 6) is 2.30. The molecule has 0 atom stereocenters. The Morgan fingerprint density at radius 1 is 1.11 bits per heavy atom. The highest BCUT2D eigenvalue weighted by atomic mass is 35.5. The van der Waals surface area contributed by atoms with Gasteiger partial charge in [-0.05, 0) is 51.0 Å². The van der Waals surface area contributed by atoms with E-state index in [-0.39, 0.29) is 24.8 Å². The number of nitrogens with zero attached hydrogens (tertiary/aromatic N) is 4. The van der Waals surface area contributed by atoms with Crippen molar-refractivity contribution in [2.45, 2.75) is 63.8 Å². The summed E-state index contributed by atoms with van der Waals surface area (Å²) in [4.78, 5) is 18.2. The molecule has 0 spiro atoms. The van der Waals surface area contributed by atoms with Crippen LogP contribution in [0.1, 0.15) is 60.1 Å². The van der Waals surface area contributed by atoms with Crippen molar-refractivity contribution in [2.24, 2.45) is 5.73 Å². The van der Waals surface area contributed by atoms with Crippen molar-refractivity contribution in [3.8, 4) is 0 Å². The van der Waals surface area contributed by atoms with Gasteiger partial charge in [-0.3, -0.25) is 0 Å². The van der Waals surface area contributed by atoms with Crippen LogP contribution in [0.15, 0.2) is 12.4 Å². The van der Waals surface area contributed by atoms with Crippen molar-refractivity contribution in [2.75, 3.05) is 11.9 Å². The Bertz CT molecular complexity index is 764. The van der Waals surface area contributed by atoms with Crippen LogP contribution in [-0.2, 0) is 19.3 Å². The molecule has 0 aliphatic heterocycles. The van der Waals surface area contributed by atoms with Gasteiger partial charge in [0.25, 0.3) is 0 Å². The lowest BCUT2D eigenvalue weighted by Crippen LogP contribution is -2.35. The van der Waals surface area contributed by atoms with E-state index < -0.39 is 0 Å². The van der Waals surface area contributed by atoms with Crippen LogP contribution in [0.4, 0.5) is 5.82 Å². The SMILES string of the molecule is Cc1nc(CCNc2cc(C3CC(N)C3)ncn2)nc2c1CCCC2.Cl.Cl. The Labute approximate surface area is 173 Å². The molecule has 3 N–H and O–H groups in total. The van der Waals surface area contributed by atoms with E-state index in [1.54, 1.807) is 6.33 Å². The van der Waals surface area contributed by atoms with Crippen LogP contribution in [0.25, 0.3) is 0 Å². The van der Waals surface area contributed by atoms with Crippen molar-refractivity contribution < 1.29 is 0 Å². The van der Waals surface area contributed by atoms with Crippen molar-refractivity contribution in [3.63, 3.8) is 0 Å². The molecule has 2 aromatic rings. The van der Waals surface area contributed by atoms with Gasteiger partial charge in [0.2, 0.25) is 0 Å². The van der Waals surface area contributed by atoms with Gasteiger partial charge in [0.05, 0.1) is 0 Å². The van der Waals surface area contributed by atoms with E-state index >= 15 is 0 Å². The Morgan fingerprint density at radius 2 is 1.89 bits per heavy atom. The topological polar surface area (TPSA) is 89.6 Å². The van der Waals surface area contributed by atoms with Crippen LogP contribution in [0.5, 0.6) is 0 Å². The molecule has 1 saturated carbocycles. The number of nitrogens with one attached hydrogen (secondary N) is 1. The molecule has 2 aromatic heterocycles. The van der Waals surface area contributed by atoms with Crippen molar-refractivity contribution >= 4 is 30.6 Å². The van der Waals surface area contributed by atoms with Crippen LogP contribution < -0.4 is 11.1 Å². The van der Waals surface area contributed by atoms with Crippen LogP contribution in [0.3, 0.4) is 0 Å². The van der Waals surface area contributed by atoms with Gasteiger partial charge in [-0.25, -0.2) is 19.9 Å². The second-order valence-electron chi connectivity index (χ2n) is 7.29. The van der Waals surface area contributed by atoms with E-state index in [4.69, 9.17) is 15.7 Å². The lowest BCUT2D eigenvalue weighted by atomic mass is 9.79. The Hall–Kier alpha value is -1.50. The summed E-state index contributed by atoms with van der Waals surface area (Å²) in [5, 5.41) is 3.38. The quantitative estimate of drug-likeness (QED) is 0.786. The molecule has 1 fully saturated rings. The molecule has 0 unspecified atom stereocenters. The molecule has 0 aromatic carbocycles. The molecule has 4 rings (SSSR count). The Morgan fingerprint density at radius 3 is 2.67 bits per heavy atom. The number of anilines is 1. The Balaban J connectivity index is 0.00000131. The number of hydrogen-bond donors (Lipinski definition) is 2. The molecule has 2 aliphatic rings. The predicted octanol–water partition coefficient (Wildman–Crippen LogP) is 3.16. The first-order chi connectivity index (χ1) is 12.2. The highest BCUT2D eigenvalue weighted by Gasteiger charge is 2.28. The summed E-state index contributed by atoms with van der Waals surface area (Å²) in [6.45, 7) is 2.89. The second-order valence-corrected chi connectivity index (χ2v) is 7.29. The van der Waals surface area contributed by atoms with Gasteiger partial charge in [0.1, 0.15) is 18.0 Å². The van der Waals surface area contributed by atoms with E-state index in [0.717, 1.165) is 61.7 Å². The van der Waals surface area contributed by atoms with Crippen LogP contribution in [0.2, 0.25) is 0 Å². The molecule has 0 bridgehead atoms. The number of halogens is 2. The molecule has 0 radical (unpaired) electrons. The molecule has 6 nitrogen and oxygen atoms in total. The van der Waals surface area contributed by atoms with Crippen LogP contribution >= 0.6 is 24.8 Å². The van der Waals surface area contributed by atoms with Gasteiger partial charge >= 0.3 is 0 Å². The van der Waals surface area contributed by atoms with E-state index in [9.17, 15) is 0 Å². The molecule has 2 heterocycles. The number of aromatic nitrogens is 4. The molecule has 0 saturated heterocycles. The van der Waals surface area contributed by atoms with Gasteiger partial charge in [-0.1, -0.05) is 0 Å². The molecule has 0 amide bonds. The second kappa shape index (κ2) is 9.62. The van der Waals surface area contributed by atoms with Crippen LogP contribution in [-0.4, -0.2) is 32.5 Å². The number of aryl methyl sites for hydroxylation is 2. The van der Waals surface area contributed by atoms with Gasteiger partial charge in [-0.15, -0.1) is 24.8 Å². The maximum Gasteiger partial charge on any atom is 0.130 e. The van der Waals surface area contributed by atoms with Gasteiger partial charge in [0, 0.05) is 48.1 Å². The molecule has 2 aliphatic carbocycles. The number of nitrogens with two attached hydrogens (primary N) is 1. The van der Waals surface area contributed by atoms with Crippen molar-refractivity contribution in [1.29, 1.82) is 0 Å². The largest absolute Gasteiger partial charge is 0.370 e. The monoisotopic (exact) mass is 410 g/mol. The van der Waals surface area contributed by atoms with Gasteiger partial charge < -0.3 is 11.1 Å². The maximum atomic E-state index is 5.88. The molecular formula is C19H28Cl2N6. The van der Waals surface area contributed by atoms with Crippen molar-refractivity contribution in [1.82, 2.24) is 19.9 Å². The number of rotatable bonds is 5. The molecular weight excluding hydrogens is 383 g/mol. The minimum Gasteiger partial charge on any atom is -0.370 e. The summed E-state index contributed by atoms with van der Waals surface area (Å²) >= 11 is 0. The Kier molecular flexibility index (Phi) is 7.77. The standard InChI is InChI=1S/C19H26N6.2ClH/c1-12-15-4-2-3-5-16(15)25-18(24-12)6-7-21-19-10-17(22-11-23-19)13-8-14(20)9-13;;/h10-11,13-14H,2-9,20H2,1H3,(H,21,22,23);2*1H.